The van der Waals surface area contributed by atoms with E-state index in [1.807, 2.05) is 0 Å². The molecule has 0 fully saturated rings. The molecule has 1 rings (SSSR count). The minimum atomic E-state index is -0.199. The van der Waals surface area contributed by atoms with Crippen LogP contribution in [-0.2, 0) is 0 Å². The number of halogens is 1. The molecule has 0 bridgehead atoms. The average molecular weight is 197 g/mol. The molecule has 4 heteroatoms. The van der Waals surface area contributed by atoms with Crippen LogP contribution in [0.5, 0.6) is 0 Å². The van der Waals surface area contributed by atoms with Gasteiger partial charge in [-0.2, -0.15) is 0 Å². The van der Waals surface area contributed by atoms with Gasteiger partial charge < -0.3 is 5.32 Å². The molecule has 0 unspecified atom stereocenters. The lowest BCUT2D eigenvalue weighted by Gasteiger charge is -2.02. The molecule has 0 saturated heterocycles. The molecule has 13 heavy (non-hydrogen) atoms. The monoisotopic (exact) mass is 196 g/mol. The lowest BCUT2D eigenvalue weighted by molar-refractivity contribution is 0.0957. The molecule has 1 N–H and O–H groups in total. The zero-order valence-corrected chi connectivity index (χ0v) is 7.71. The molecule has 0 spiro atoms. The van der Waals surface area contributed by atoms with Crippen LogP contribution in [0.2, 0.25) is 0 Å². The Morgan fingerprint density at radius 1 is 1.69 bits per heavy atom. The van der Waals surface area contributed by atoms with Gasteiger partial charge in [-0.15, -0.1) is 0 Å². The fourth-order valence-electron chi connectivity index (χ4n) is 0.775. The molecular weight excluding hydrogens is 188 g/mol. The van der Waals surface area contributed by atoms with Crippen LogP contribution in [0.4, 0.5) is 0 Å². The molecule has 0 aliphatic heterocycles. The van der Waals surface area contributed by atoms with E-state index in [1.54, 1.807) is 18.3 Å². The number of amides is 1. The molecule has 3 nitrogen and oxygen atoms in total. The zero-order valence-electron chi connectivity index (χ0n) is 6.96. The Kier molecular flexibility index (Phi) is 3.46. The van der Waals surface area contributed by atoms with E-state index in [0.29, 0.717) is 10.6 Å². The minimum Gasteiger partial charge on any atom is -0.347 e. The van der Waals surface area contributed by atoms with E-state index in [9.17, 15) is 4.79 Å². The second kappa shape index (κ2) is 4.62. The average Bonchev–Trinajstić information content (AvgIpc) is 2.15. The highest BCUT2D eigenvalue weighted by Gasteiger charge is 2.03. The van der Waals surface area contributed by atoms with Crippen LogP contribution in [0.25, 0.3) is 0 Å². The zero-order chi connectivity index (χ0) is 9.68. The molecule has 1 heterocycles. The number of carbonyl (C=O) groups is 1. The summed E-state index contributed by atoms with van der Waals surface area (Å²) in [7, 11) is 0. The topological polar surface area (TPSA) is 42.0 Å². The number of hydrogen-bond acceptors (Lipinski definition) is 2. The summed E-state index contributed by atoms with van der Waals surface area (Å²) in [5.41, 5.74) is 0.514. The third kappa shape index (κ3) is 3.25. The predicted octanol–water partition coefficient (Wildman–Crippen LogP) is 1.56. The van der Waals surface area contributed by atoms with Gasteiger partial charge in [0.1, 0.15) is 0 Å². The summed E-state index contributed by atoms with van der Waals surface area (Å²) >= 11 is 5.48. The van der Waals surface area contributed by atoms with Crippen molar-refractivity contribution in [3.63, 3.8) is 0 Å². The molecule has 0 aliphatic rings. The van der Waals surface area contributed by atoms with Crippen LogP contribution in [0.1, 0.15) is 10.4 Å². The van der Waals surface area contributed by atoms with Crippen molar-refractivity contribution >= 4 is 17.5 Å². The number of aromatic nitrogens is 1. The van der Waals surface area contributed by atoms with E-state index in [1.165, 1.54) is 6.20 Å². The molecular formula is C9H9ClN2O. The van der Waals surface area contributed by atoms with E-state index in [0.717, 1.165) is 0 Å². The van der Waals surface area contributed by atoms with Crippen molar-refractivity contribution in [1.29, 1.82) is 0 Å². The van der Waals surface area contributed by atoms with Crippen LogP contribution >= 0.6 is 11.6 Å². The van der Waals surface area contributed by atoms with Gasteiger partial charge in [0.05, 0.1) is 12.1 Å². The Bertz CT molecular complexity index is 311. The normalized spacial score (nSPS) is 9.31. The quantitative estimate of drug-likeness (QED) is 0.798. The maximum Gasteiger partial charge on any atom is 0.253 e. The number of nitrogens with zero attached hydrogens (tertiary/aromatic N) is 1. The Balaban J connectivity index is 2.54. The lowest BCUT2D eigenvalue weighted by atomic mass is 10.3. The second-order valence-corrected chi connectivity index (χ2v) is 2.98. The van der Waals surface area contributed by atoms with Gasteiger partial charge in [-0.25, -0.2) is 0 Å². The van der Waals surface area contributed by atoms with E-state index in [4.69, 9.17) is 11.6 Å². The van der Waals surface area contributed by atoms with Crippen molar-refractivity contribution in [3.8, 4) is 0 Å². The fraction of sp³-hybridized carbons (Fsp3) is 0.111. The molecule has 68 valence electrons. The van der Waals surface area contributed by atoms with Gasteiger partial charge in [0, 0.05) is 17.4 Å². The number of carbonyl (C=O) groups excluding carboxylic acids is 1. The van der Waals surface area contributed by atoms with Crippen molar-refractivity contribution in [2.24, 2.45) is 0 Å². The Morgan fingerprint density at radius 2 is 2.46 bits per heavy atom. The SMILES string of the molecule is C=C(Cl)CNC(=O)c1cccnc1. The number of rotatable bonds is 3. The Morgan fingerprint density at radius 3 is 3.00 bits per heavy atom. The van der Waals surface area contributed by atoms with Gasteiger partial charge in [0.15, 0.2) is 0 Å². The molecule has 0 atom stereocenters. The van der Waals surface area contributed by atoms with Gasteiger partial charge in [0.25, 0.3) is 5.91 Å². The molecule has 1 aromatic heterocycles. The Labute approximate surface area is 81.4 Å². The first-order valence-electron chi connectivity index (χ1n) is 3.71. The Hall–Kier alpha value is -1.35. The number of hydrogen-bond donors (Lipinski definition) is 1. The summed E-state index contributed by atoms with van der Waals surface area (Å²) in [4.78, 5) is 15.1. The van der Waals surface area contributed by atoms with Crippen molar-refractivity contribution < 1.29 is 4.79 Å². The summed E-state index contributed by atoms with van der Waals surface area (Å²) in [5, 5.41) is 2.99. The summed E-state index contributed by atoms with van der Waals surface area (Å²) < 4.78 is 0. The minimum absolute atomic E-state index is 0.199. The predicted molar refractivity (Wildman–Crippen MR) is 51.6 cm³/mol. The van der Waals surface area contributed by atoms with Gasteiger partial charge in [0.2, 0.25) is 0 Å². The van der Waals surface area contributed by atoms with Crippen LogP contribution < -0.4 is 5.32 Å². The van der Waals surface area contributed by atoms with Gasteiger partial charge >= 0.3 is 0 Å². The van der Waals surface area contributed by atoms with Gasteiger partial charge in [-0.3, -0.25) is 9.78 Å². The van der Waals surface area contributed by atoms with Gasteiger partial charge in [-0.05, 0) is 12.1 Å². The van der Waals surface area contributed by atoms with Crippen molar-refractivity contribution in [2.75, 3.05) is 6.54 Å². The first kappa shape index (κ1) is 9.74. The number of nitrogens with one attached hydrogen (secondary N) is 1. The van der Waals surface area contributed by atoms with E-state index >= 15 is 0 Å². The van der Waals surface area contributed by atoms with Crippen LogP contribution in [-0.4, -0.2) is 17.4 Å². The van der Waals surface area contributed by atoms with Crippen molar-refractivity contribution in [3.05, 3.63) is 41.7 Å². The smallest absolute Gasteiger partial charge is 0.253 e. The molecule has 0 aromatic carbocycles. The molecule has 0 saturated carbocycles. The van der Waals surface area contributed by atoms with Crippen LogP contribution in [0, 0.1) is 0 Å². The standard InChI is InChI=1S/C9H9ClN2O/c1-7(10)5-12-9(13)8-3-2-4-11-6-8/h2-4,6H,1,5H2,(H,12,13). The lowest BCUT2D eigenvalue weighted by Crippen LogP contribution is -2.24. The van der Waals surface area contributed by atoms with E-state index in [-0.39, 0.29) is 12.5 Å². The van der Waals surface area contributed by atoms with E-state index < -0.39 is 0 Å². The second-order valence-electron chi connectivity index (χ2n) is 2.44. The van der Waals surface area contributed by atoms with Crippen LogP contribution in [0.15, 0.2) is 36.1 Å². The molecule has 0 radical (unpaired) electrons. The molecule has 1 aromatic rings. The van der Waals surface area contributed by atoms with Crippen LogP contribution in [0.3, 0.4) is 0 Å². The maximum absolute atomic E-state index is 11.3. The van der Waals surface area contributed by atoms with Crippen molar-refractivity contribution in [2.45, 2.75) is 0 Å². The maximum atomic E-state index is 11.3. The first-order valence-corrected chi connectivity index (χ1v) is 4.09. The summed E-state index contributed by atoms with van der Waals surface area (Å²) in [5.74, 6) is -0.199. The van der Waals surface area contributed by atoms with Gasteiger partial charge in [-0.1, -0.05) is 18.2 Å². The fourth-order valence-corrected chi connectivity index (χ4v) is 0.842. The van der Waals surface area contributed by atoms with Crippen molar-refractivity contribution in [1.82, 2.24) is 10.3 Å². The third-order valence-electron chi connectivity index (χ3n) is 1.36. The third-order valence-corrected chi connectivity index (χ3v) is 1.50. The summed E-state index contributed by atoms with van der Waals surface area (Å²) in [6.45, 7) is 3.73. The molecule has 1 amide bonds. The highest BCUT2D eigenvalue weighted by molar-refractivity contribution is 6.29. The molecule has 0 aliphatic carbocycles. The number of pyridine rings is 1. The highest BCUT2D eigenvalue weighted by Crippen LogP contribution is 1.97. The summed E-state index contributed by atoms with van der Waals surface area (Å²) in [6, 6.07) is 3.38. The highest BCUT2D eigenvalue weighted by atomic mass is 35.5. The van der Waals surface area contributed by atoms with E-state index in [2.05, 4.69) is 16.9 Å². The first-order chi connectivity index (χ1) is 6.20. The largest absolute Gasteiger partial charge is 0.347 e. The summed E-state index contributed by atoms with van der Waals surface area (Å²) in [6.07, 6.45) is 3.10.